The van der Waals surface area contributed by atoms with Crippen molar-refractivity contribution in [3.63, 3.8) is 0 Å². The van der Waals surface area contributed by atoms with Gasteiger partial charge in [0.1, 0.15) is 5.82 Å². The Labute approximate surface area is 140 Å². The van der Waals surface area contributed by atoms with Crippen LogP contribution < -0.4 is 0 Å². The summed E-state index contributed by atoms with van der Waals surface area (Å²) < 4.78 is 14.7. The molecule has 6 heteroatoms. The summed E-state index contributed by atoms with van der Waals surface area (Å²) in [5.74, 6) is -0.348. The maximum atomic E-state index is 13.1. The molecule has 0 saturated carbocycles. The summed E-state index contributed by atoms with van der Waals surface area (Å²) in [7, 11) is 0. The molecule has 1 saturated heterocycles. The Hall–Kier alpha value is -2.21. The van der Waals surface area contributed by atoms with Crippen LogP contribution in [-0.2, 0) is 0 Å². The molecule has 0 bridgehead atoms. The molecule has 5 nitrogen and oxygen atoms in total. The number of aromatic nitrogens is 2. The first-order chi connectivity index (χ1) is 11.6. The summed E-state index contributed by atoms with van der Waals surface area (Å²) in [6, 6.07) is 6.11. The van der Waals surface area contributed by atoms with Gasteiger partial charge in [-0.3, -0.25) is 4.79 Å². The molecule has 0 radical (unpaired) electrons. The molecule has 1 amide bonds. The van der Waals surface area contributed by atoms with Crippen molar-refractivity contribution in [1.82, 2.24) is 14.7 Å². The zero-order chi connectivity index (χ0) is 17.1. The first kappa shape index (κ1) is 16.6. The summed E-state index contributed by atoms with van der Waals surface area (Å²) in [5, 5.41) is 13.5. The van der Waals surface area contributed by atoms with Crippen molar-refractivity contribution in [1.29, 1.82) is 0 Å². The first-order valence-corrected chi connectivity index (χ1v) is 8.34. The van der Waals surface area contributed by atoms with Gasteiger partial charge in [0.2, 0.25) is 0 Å². The van der Waals surface area contributed by atoms with Crippen LogP contribution in [0.1, 0.15) is 41.7 Å². The van der Waals surface area contributed by atoms with Gasteiger partial charge < -0.3 is 10.0 Å². The molecular weight excluding hydrogens is 309 g/mol. The zero-order valence-electron chi connectivity index (χ0n) is 13.8. The van der Waals surface area contributed by atoms with Crippen LogP contribution in [0.2, 0.25) is 0 Å². The maximum Gasteiger partial charge on any atom is 0.257 e. The number of aliphatic hydroxyl groups is 1. The fraction of sp³-hybridized carbons (Fsp3) is 0.444. The molecule has 1 atom stereocenters. The molecule has 128 valence electrons. The average molecular weight is 331 g/mol. The van der Waals surface area contributed by atoms with E-state index in [-0.39, 0.29) is 24.4 Å². The van der Waals surface area contributed by atoms with Gasteiger partial charge in [-0.2, -0.15) is 5.10 Å². The van der Waals surface area contributed by atoms with Gasteiger partial charge in [-0.1, -0.05) is 0 Å². The van der Waals surface area contributed by atoms with E-state index in [0.717, 1.165) is 30.6 Å². The predicted octanol–water partition coefficient (Wildman–Crippen LogP) is 2.70. The third kappa shape index (κ3) is 3.19. The molecule has 1 unspecified atom stereocenters. The lowest BCUT2D eigenvalue weighted by atomic mass is 9.98. The number of halogens is 1. The molecule has 1 aromatic heterocycles. The minimum absolute atomic E-state index is 0.0426. The number of benzene rings is 1. The standard InChI is InChI=1S/C18H22FN3O2/c1-13-17(12-20-22(13)16-7-5-14(19)6-8-16)18(24)21-10-3-2-4-15(21)9-11-23/h5-8,12,15,23H,2-4,9-11H2,1H3. The van der Waals surface area contributed by atoms with E-state index < -0.39 is 0 Å². The van der Waals surface area contributed by atoms with Crippen LogP contribution in [-0.4, -0.2) is 44.9 Å². The Morgan fingerprint density at radius 1 is 1.33 bits per heavy atom. The lowest BCUT2D eigenvalue weighted by Crippen LogP contribution is -2.44. The number of likely N-dealkylation sites (tertiary alicyclic amines) is 1. The number of carbonyl (C=O) groups excluding carboxylic acids is 1. The second-order valence-electron chi connectivity index (χ2n) is 6.19. The van der Waals surface area contributed by atoms with Gasteiger partial charge in [0, 0.05) is 19.2 Å². The minimum atomic E-state index is -0.306. The summed E-state index contributed by atoms with van der Waals surface area (Å²) in [6.07, 6.45) is 5.18. The molecular formula is C18H22FN3O2. The summed E-state index contributed by atoms with van der Waals surface area (Å²) in [5.41, 5.74) is 2.02. The largest absolute Gasteiger partial charge is 0.396 e. The normalized spacial score (nSPS) is 18.0. The molecule has 24 heavy (non-hydrogen) atoms. The van der Waals surface area contributed by atoms with Gasteiger partial charge >= 0.3 is 0 Å². The van der Waals surface area contributed by atoms with Gasteiger partial charge in [-0.25, -0.2) is 9.07 Å². The number of nitrogens with zero attached hydrogens (tertiary/aromatic N) is 3. The third-order valence-electron chi connectivity index (χ3n) is 4.66. The second-order valence-corrected chi connectivity index (χ2v) is 6.19. The number of rotatable bonds is 4. The van der Waals surface area contributed by atoms with Crippen LogP contribution in [0.3, 0.4) is 0 Å². The van der Waals surface area contributed by atoms with Crippen molar-refractivity contribution in [2.45, 2.75) is 38.6 Å². The minimum Gasteiger partial charge on any atom is -0.396 e. The van der Waals surface area contributed by atoms with Crippen LogP contribution in [0.4, 0.5) is 4.39 Å². The summed E-state index contributed by atoms with van der Waals surface area (Å²) in [6.45, 7) is 2.64. The Morgan fingerprint density at radius 2 is 2.08 bits per heavy atom. The number of aliphatic hydroxyl groups excluding tert-OH is 1. The smallest absolute Gasteiger partial charge is 0.257 e. The SMILES string of the molecule is Cc1c(C(=O)N2CCCCC2CCO)cnn1-c1ccc(F)cc1. The van der Waals surface area contributed by atoms with Crippen LogP contribution >= 0.6 is 0 Å². The van der Waals surface area contributed by atoms with E-state index in [1.165, 1.54) is 12.1 Å². The Morgan fingerprint density at radius 3 is 2.79 bits per heavy atom. The number of piperidine rings is 1. The van der Waals surface area contributed by atoms with E-state index in [0.29, 0.717) is 18.5 Å². The second kappa shape index (κ2) is 7.13. The molecule has 3 rings (SSSR count). The van der Waals surface area contributed by atoms with Crippen LogP contribution in [0, 0.1) is 12.7 Å². The molecule has 0 aliphatic carbocycles. The zero-order valence-corrected chi connectivity index (χ0v) is 13.8. The van der Waals surface area contributed by atoms with Gasteiger partial charge in [0.05, 0.1) is 23.1 Å². The van der Waals surface area contributed by atoms with E-state index in [9.17, 15) is 14.3 Å². The van der Waals surface area contributed by atoms with Crippen molar-refractivity contribution < 1.29 is 14.3 Å². The first-order valence-electron chi connectivity index (χ1n) is 8.34. The van der Waals surface area contributed by atoms with Crippen LogP contribution in [0.15, 0.2) is 30.5 Å². The molecule has 2 aromatic rings. The van der Waals surface area contributed by atoms with Crippen molar-refractivity contribution in [2.75, 3.05) is 13.2 Å². The van der Waals surface area contributed by atoms with Crippen LogP contribution in [0.5, 0.6) is 0 Å². The fourth-order valence-corrected chi connectivity index (χ4v) is 3.33. The van der Waals surface area contributed by atoms with E-state index >= 15 is 0 Å². The van der Waals surface area contributed by atoms with E-state index in [4.69, 9.17) is 0 Å². The quantitative estimate of drug-likeness (QED) is 0.937. The number of amides is 1. The Bertz CT molecular complexity index is 710. The van der Waals surface area contributed by atoms with Gasteiger partial charge in [0.15, 0.2) is 0 Å². The predicted molar refractivity (Wildman–Crippen MR) is 88.6 cm³/mol. The maximum absolute atomic E-state index is 13.1. The van der Waals surface area contributed by atoms with Gasteiger partial charge in [0.25, 0.3) is 5.91 Å². The van der Waals surface area contributed by atoms with E-state index in [1.807, 2.05) is 11.8 Å². The highest BCUT2D eigenvalue weighted by atomic mass is 19.1. The molecule has 1 fully saturated rings. The van der Waals surface area contributed by atoms with Crippen molar-refractivity contribution in [2.24, 2.45) is 0 Å². The summed E-state index contributed by atoms with van der Waals surface area (Å²) >= 11 is 0. The van der Waals surface area contributed by atoms with E-state index in [1.54, 1.807) is 23.0 Å². The molecule has 1 aromatic carbocycles. The number of hydrogen-bond acceptors (Lipinski definition) is 3. The van der Waals surface area contributed by atoms with Crippen molar-refractivity contribution in [3.05, 3.63) is 47.5 Å². The van der Waals surface area contributed by atoms with Crippen LogP contribution in [0.25, 0.3) is 5.69 Å². The molecule has 1 N–H and O–H groups in total. The van der Waals surface area contributed by atoms with Crippen molar-refractivity contribution >= 4 is 5.91 Å². The molecule has 1 aliphatic rings. The van der Waals surface area contributed by atoms with Crippen molar-refractivity contribution in [3.8, 4) is 5.69 Å². The van der Waals surface area contributed by atoms with Gasteiger partial charge in [-0.15, -0.1) is 0 Å². The third-order valence-corrected chi connectivity index (χ3v) is 4.66. The molecule has 1 aliphatic heterocycles. The highest BCUT2D eigenvalue weighted by Gasteiger charge is 2.29. The lowest BCUT2D eigenvalue weighted by Gasteiger charge is -2.35. The number of carbonyl (C=O) groups is 1. The Kier molecular flexibility index (Phi) is 4.94. The Balaban J connectivity index is 1.86. The number of hydrogen-bond donors (Lipinski definition) is 1. The highest BCUT2D eigenvalue weighted by molar-refractivity contribution is 5.95. The highest BCUT2D eigenvalue weighted by Crippen LogP contribution is 2.24. The topological polar surface area (TPSA) is 58.4 Å². The monoisotopic (exact) mass is 331 g/mol. The lowest BCUT2D eigenvalue weighted by molar-refractivity contribution is 0.0574. The average Bonchev–Trinajstić information content (AvgIpc) is 2.97. The molecule has 2 heterocycles. The van der Waals surface area contributed by atoms with Gasteiger partial charge in [-0.05, 0) is 56.9 Å². The van der Waals surface area contributed by atoms with E-state index in [2.05, 4.69) is 5.10 Å². The fourth-order valence-electron chi connectivity index (χ4n) is 3.33. The summed E-state index contributed by atoms with van der Waals surface area (Å²) in [4.78, 5) is 14.8. The molecule has 0 spiro atoms.